The fourth-order valence-electron chi connectivity index (χ4n) is 4.21. The summed E-state index contributed by atoms with van der Waals surface area (Å²) >= 11 is 1.62. The summed E-state index contributed by atoms with van der Waals surface area (Å²) < 4.78 is 7.15. The van der Waals surface area contributed by atoms with Crippen LogP contribution < -0.4 is 10.6 Å². The number of aryl methyl sites for hydroxylation is 1. The fourth-order valence-corrected chi connectivity index (χ4v) is 5.33. The first kappa shape index (κ1) is 20.3. The number of piperidine rings is 1. The number of nitrogens with two attached hydrogens (primary N) is 1. The molecule has 8 nitrogen and oxygen atoms in total. The zero-order valence-electron chi connectivity index (χ0n) is 17.2. The highest BCUT2D eigenvalue weighted by atomic mass is 32.1. The van der Waals surface area contributed by atoms with E-state index in [2.05, 4.69) is 6.07 Å². The van der Waals surface area contributed by atoms with Crippen LogP contribution in [0.4, 0.5) is 0 Å². The van der Waals surface area contributed by atoms with E-state index in [9.17, 15) is 19.2 Å². The van der Waals surface area contributed by atoms with Gasteiger partial charge in [0.15, 0.2) is 0 Å². The molecule has 2 N–H and O–H groups in total. The largest absolute Gasteiger partial charge is 0.487 e. The van der Waals surface area contributed by atoms with Gasteiger partial charge in [0.25, 0.3) is 17.7 Å². The predicted molar refractivity (Wildman–Crippen MR) is 117 cm³/mol. The number of hydrazine groups is 1. The Bertz CT molecular complexity index is 1310. The van der Waals surface area contributed by atoms with Crippen LogP contribution in [0, 0.1) is 6.92 Å². The topological polar surface area (TPSA) is 110 Å². The molecule has 9 heteroatoms. The minimum absolute atomic E-state index is 0.0190. The number of rotatable bonds is 4. The monoisotopic (exact) mass is 449 g/mol. The maximum absolute atomic E-state index is 13.2. The van der Waals surface area contributed by atoms with Crippen LogP contribution in [0.3, 0.4) is 0 Å². The summed E-state index contributed by atoms with van der Waals surface area (Å²) in [7, 11) is 0. The Balaban J connectivity index is 1.43. The van der Waals surface area contributed by atoms with E-state index in [0.717, 1.165) is 25.4 Å². The number of benzene rings is 2. The van der Waals surface area contributed by atoms with Crippen molar-refractivity contribution in [2.75, 3.05) is 0 Å². The molecule has 1 unspecified atom stereocenters. The Morgan fingerprint density at radius 2 is 1.84 bits per heavy atom. The van der Waals surface area contributed by atoms with Crippen molar-refractivity contribution in [2.45, 2.75) is 32.4 Å². The molecule has 1 aromatic heterocycles. The van der Waals surface area contributed by atoms with Crippen molar-refractivity contribution in [3.63, 3.8) is 0 Å². The summed E-state index contributed by atoms with van der Waals surface area (Å²) in [6, 6.07) is 11.8. The van der Waals surface area contributed by atoms with Crippen LogP contribution in [0.25, 0.3) is 10.1 Å². The third kappa shape index (κ3) is 3.01. The average molecular weight is 449 g/mol. The Morgan fingerprint density at radius 1 is 1.06 bits per heavy atom. The van der Waals surface area contributed by atoms with E-state index in [1.165, 1.54) is 6.07 Å². The summed E-state index contributed by atoms with van der Waals surface area (Å²) in [5, 5.41) is 1.64. The molecule has 2 aliphatic heterocycles. The maximum atomic E-state index is 13.2. The van der Waals surface area contributed by atoms with E-state index in [1.54, 1.807) is 23.5 Å². The Labute approximate surface area is 187 Å². The quantitative estimate of drug-likeness (QED) is 0.373. The average Bonchev–Trinajstić information content (AvgIpc) is 3.25. The number of hydrogen-bond acceptors (Lipinski definition) is 7. The number of hydrogen-bond donors (Lipinski definition) is 1. The highest BCUT2D eigenvalue weighted by molar-refractivity contribution is 7.19. The van der Waals surface area contributed by atoms with E-state index < -0.39 is 29.7 Å². The van der Waals surface area contributed by atoms with Gasteiger partial charge in [-0.15, -0.1) is 11.3 Å². The summed E-state index contributed by atoms with van der Waals surface area (Å²) in [6.07, 6.45) is 0.0306. The summed E-state index contributed by atoms with van der Waals surface area (Å²) in [4.78, 5) is 52.3. The van der Waals surface area contributed by atoms with Gasteiger partial charge in [-0.25, -0.2) is 10.9 Å². The second-order valence-corrected chi connectivity index (χ2v) is 8.89. The summed E-state index contributed by atoms with van der Waals surface area (Å²) in [6.45, 7) is 2.27. The van der Waals surface area contributed by atoms with E-state index in [4.69, 9.17) is 10.6 Å². The van der Waals surface area contributed by atoms with Gasteiger partial charge in [0.2, 0.25) is 5.91 Å². The number of imide groups is 2. The van der Waals surface area contributed by atoms with Crippen LogP contribution in [0.1, 0.15) is 44.0 Å². The molecule has 0 spiro atoms. The number of fused-ring (bicyclic) bond motifs is 2. The molecule has 4 amide bonds. The third-order valence-electron chi connectivity index (χ3n) is 5.94. The number of amides is 4. The highest BCUT2D eigenvalue weighted by Crippen LogP contribution is 2.36. The molecule has 2 aromatic carbocycles. The van der Waals surface area contributed by atoms with Crippen LogP contribution in [0.2, 0.25) is 0 Å². The Kier molecular flexibility index (Phi) is 4.79. The highest BCUT2D eigenvalue weighted by Gasteiger charge is 2.47. The standard InChI is InChI=1S/C23H19N3O5S/c1-12-13-5-2-3-8-17(13)32-18(12)11-31-16-7-4-6-14-20(16)23(30)25(21(14)28)15-9-10-19(27)26(24)22(15)29/h2-8,15H,9-11,24H2,1H3. The van der Waals surface area contributed by atoms with Crippen LogP contribution in [0.15, 0.2) is 42.5 Å². The third-order valence-corrected chi connectivity index (χ3v) is 7.19. The van der Waals surface area contributed by atoms with Crippen LogP contribution in [-0.2, 0) is 16.2 Å². The predicted octanol–water partition coefficient (Wildman–Crippen LogP) is 2.78. The zero-order valence-corrected chi connectivity index (χ0v) is 18.0. The van der Waals surface area contributed by atoms with Crippen molar-refractivity contribution in [3.05, 3.63) is 64.0 Å². The lowest BCUT2D eigenvalue weighted by Gasteiger charge is -2.31. The SMILES string of the molecule is Cc1c(COc2cccc3c2C(=O)N(C2CCC(=O)N(N)C2=O)C3=O)sc2ccccc12. The maximum Gasteiger partial charge on any atom is 0.266 e. The van der Waals surface area contributed by atoms with Gasteiger partial charge >= 0.3 is 0 Å². The smallest absolute Gasteiger partial charge is 0.266 e. The molecule has 3 aromatic rings. The first-order chi connectivity index (χ1) is 15.4. The second kappa shape index (κ2) is 7.54. The molecular formula is C23H19N3O5S. The lowest BCUT2D eigenvalue weighted by Crippen LogP contribution is -2.58. The van der Waals surface area contributed by atoms with Crippen LogP contribution in [0.5, 0.6) is 5.75 Å². The van der Waals surface area contributed by atoms with Crippen molar-refractivity contribution in [1.82, 2.24) is 9.91 Å². The van der Waals surface area contributed by atoms with E-state index in [0.29, 0.717) is 5.01 Å². The van der Waals surface area contributed by atoms with E-state index in [1.807, 2.05) is 25.1 Å². The Morgan fingerprint density at radius 3 is 2.62 bits per heavy atom. The molecule has 1 atom stereocenters. The van der Waals surface area contributed by atoms with Crippen LogP contribution >= 0.6 is 11.3 Å². The fraction of sp³-hybridized carbons (Fsp3) is 0.217. The van der Waals surface area contributed by atoms with Gasteiger partial charge in [0.1, 0.15) is 18.4 Å². The van der Waals surface area contributed by atoms with Crippen molar-refractivity contribution in [3.8, 4) is 5.75 Å². The lowest BCUT2D eigenvalue weighted by atomic mass is 10.0. The van der Waals surface area contributed by atoms with Crippen molar-refractivity contribution in [2.24, 2.45) is 5.84 Å². The van der Waals surface area contributed by atoms with Gasteiger partial charge < -0.3 is 4.74 Å². The summed E-state index contributed by atoms with van der Waals surface area (Å²) in [5.41, 5.74) is 1.42. The molecule has 1 fully saturated rings. The molecule has 0 radical (unpaired) electrons. The molecule has 1 saturated heterocycles. The molecule has 5 rings (SSSR count). The van der Waals surface area contributed by atoms with Gasteiger partial charge in [0.05, 0.1) is 11.1 Å². The van der Waals surface area contributed by atoms with Gasteiger partial charge in [-0.05, 0) is 42.5 Å². The number of carbonyl (C=O) groups is 4. The first-order valence-corrected chi connectivity index (χ1v) is 10.9. The Hall–Kier alpha value is -3.56. The van der Waals surface area contributed by atoms with E-state index >= 15 is 0 Å². The van der Waals surface area contributed by atoms with Gasteiger partial charge in [-0.3, -0.25) is 24.1 Å². The molecule has 3 heterocycles. The molecular weight excluding hydrogens is 430 g/mol. The minimum atomic E-state index is -1.11. The number of thiophene rings is 1. The first-order valence-electron chi connectivity index (χ1n) is 10.1. The normalized spacial score (nSPS) is 18.6. The van der Waals surface area contributed by atoms with E-state index in [-0.39, 0.29) is 36.3 Å². The van der Waals surface area contributed by atoms with Gasteiger partial charge in [0, 0.05) is 16.0 Å². The molecule has 32 heavy (non-hydrogen) atoms. The molecule has 0 bridgehead atoms. The zero-order chi connectivity index (χ0) is 22.6. The van der Waals surface area contributed by atoms with Crippen LogP contribution in [-0.4, -0.2) is 39.6 Å². The molecule has 2 aliphatic rings. The number of nitrogens with zero attached hydrogens (tertiary/aromatic N) is 2. The van der Waals surface area contributed by atoms with Crippen molar-refractivity contribution >= 4 is 45.1 Å². The molecule has 0 aliphatic carbocycles. The minimum Gasteiger partial charge on any atom is -0.487 e. The van der Waals surface area contributed by atoms with Gasteiger partial charge in [-0.1, -0.05) is 24.3 Å². The van der Waals surface area contributed by atoms with Gasteiger partial charge in [-0.2, -0.15) is 0 Å². The number of ether oxygens (including phenoxy) is 1. The summed E-state index contributed by atoms with van der Waals surface area (Å²) in [5.74, 6) is 3.30. The lowest BCUT2D eigenvalue weighted by molar-refractivity contribution is -0.151. The number of carbonyl (C=O) groups excluding carboxylic acids is 4. The van der Waals surface area contributed by atoms with Crippen molar-refractivity contribution < 1.29 is 23.9 Å². The van der Waals surface area contributed by atoms with Crippen molar-refractivity contribution in [1.29, 1.82) is 0 Å². The second-order valence-electron chi connectivity index (χ2n) is 7.75. The molecule has 0 saturated carbocycles. The molecule has 162 valence electrons.